The zero-order valence-electron chi connectivity index (χ0n) is 16.1. The Bertz CT molecular complexity index is 828. The van der Waals surface area contributed by atoms with Crippen LogP contribution in [0.15, 0.2) is 36.7 Å². The molecule has 0 radical (unpaired) electrons. The summed E-state index contributed by atoms with van der Waals surface area (Å²) < 4.78 is 5.09. The Balaban J connectivity index is 0.000000309. The number of hydrogen-bond donors (Lipinski definition) is 2. The molecule has 0 aliphatic heterocycles. The highest BCUT2D eigenvalue weighted by atomic mass is 16.6. The van der Waals surface area contributed by atoms with Gasteiger partial charge in [0.1, 0.15) is 17.0 Å². The number of nitrogens with two attached hydrogens (primary N) is 1. The highest BCUT2D eigenvalue weighted by Crippen LogP contribution is 2.12. The van der Waals surface area contributed by atoms with Gasteiger partial charge in [0, 0.05) is 37.6 Å². The third kappa shape index (κ3) is 8.57. The minimum absolute atomic E-state index is 0.0627. The van der Waals surface area contributed by atoms with Gasteiger partial charge in [-0.1, -0.05) is 0 Å². The summed E-state index contributed by atoms with van der Waals surface area (Å²) in [4.78, 5) is 40.9. The second-order valence-corrected chi connectivity index (χ2v) is 6.64. The number of ether oxygens (including phenoxy) is 1. The molecule has 8 heteroatoms. The SMILES string of the molecule is CC(=O)c1cc(N)ccn1.CC(=O)c1cc(NC(=O)OC(C)(C)C)ccn1. The number of aromatic nitrogens is 2. The number of ketones is 2. The van der Waals surface area contributed by atoms with Gasteiger partial charge in [0.15, 0.2) is 11.6 Å². The number of rotatable bonds is 3. The van der Waals surface area contributed by atoms with Gasteiger partial charge >= 0.3 is 6.09 Å². The van der Waals surface area contributed by atoms with E-state index < -0.39 is 11.7 Å². The molecule has 2 heterocycles. The predicted octanol–water partition coefficient (Wildman–Crippen LogP) is 3.50. The monoisotopic (exact) mass is 372 g/mol. The van der Waals surface area contributed by atoms with E-state index in [9.17, 15) is 14.4 Å². The minimum Gasteiger partial charge on any atom is -0.444 e. The number of nitrogens with zero attached hydrogens (tertiary/aromatic N) is 2. The summed E-state index contributed by atoms with van der Waals surface area (Å²) >= 11 is 0. The zero-order chi connectivity index (χ0) is 20.6. The molecule has 0 saturated heterocycles. The number of nitrogen functional groups attached to an aromatic ring is 1. The molecule has 2 aromatic heterocycles. The highest BCUT2D eigenvalue weighted by molar-refractivity contribution is 5.94. The van der Waals surface area contributed by atoms with Gasteiger partial charge in [-0.25, -0.2) is 4.79 Å². The first-order valence-corrected chi connectivity index (χ1v) is 8.17. The molecular formula is C19H24N4O4. The number of Topliss-reactive ketones (excluding diaryl/α,β-unsaturated/α-hetero) is 2. The Morgan fingerprint density at radius 1 is 0.963 bits per heavy atom. The van der Waals surface area contributed by atoms with Crippen LogP contribution in [0.2, 0.25) is 0 Å². The number of pyridine rings is 2. The fourth-order valence-electron chi connectivity index (χ4n) is 1.76. The van der Waals surface area contributed by atoms with E-state index in [1.54, 1.807) is 39.0 Å². The van der Waals surface area contributed by atoms with E-state index in [1.165, 1.54) is 32.3 Å². The van der Waals surface area contributed by atoms with Crippen LogP contribution in [0, 0.1) is 0 Å². The van der Waals surface area contributed by atoms with Gasteiger partial charge in [0.05, 0.1) is 0 Å². The number of carbonyl (C=O) groups is 3. The molecule has 0 aliphatic carbocycles. The molecule has 1 amide bonds. The van der Waals surface area contributed by atoms with Crippen LogP contribution >= 0.6 is 0 Å². The van der Waals surface area contributed by atoms with Crippen LogP contribution in [0.4, 0.5) is 16.2 Å². The van der Waals surface area contributed by atoms with Gasteiger partial charge in [0.25, 0.3) is 0 Å². The molecule has 0 spiro atoms. The summed E-state index contributed by atoms with van der Waals surface area (Å²) in [6.07, 6.45) is 2.42. The first-order chi connectivity index (χ1) is 12.5. The summed E-state index contributed by atoms with van der Waals surface area (Å²) in [6.45, 7) is 8.21. The largest absolute Gasteiger partial charge is 0.444 e. The predicted molar refractivity (Wildman–Crippen MR) is 103 cm³/mol. The molecule has 2 aromatic rings. The summed E-state index contributed by atoms with van der Waals surface area (Å²) in [5.74, 6) is -0.217. The zero-order valence-corrected chi connectivity index (χ0v) is 16.1. The molecule has 27 heavy (non-hydrogen) atoms. The van der Waals surface area contributed by atoms with Crippen molar-refractivity contribution in [2.24, 2.45) is 0 Å². The molecule has 0 aromatic carbocycles. The first kappa shape index (κ1) is 21.8. The van der Waals surface area contributed by atoms with E-state index in [-0.39, 0.29) is 11.6 Å². The van der Waals surface area contributed by atoms with Gasteiger partial charge in [-0.2, -0.15) is 0 Å². The van der Waals surface area contributed by atoms with Gasteiger partial charge in [-0.05, 0) is 45.0 Å². The highest BCUT2D eigenvalue weighted by Gasteiger charge is 2.16. The minimum atomic E-state index is -0.557. The third-order valence-electron chi connectivity index (χ3n) is 2.91. The first-order valence-electron chi connectivity index (χ1n) is 8.17. The average molecular weight is 372 g/mol. The maximum Gasteiger partial charge on any atom is 0.412 e. The fourth-order valence-corrected chi connectivity index (χ4v) is 1.76. The van der Waals surface area contributed by atoms with E-state index in [1.807, 2.05) is 0 Å². The molecule has 0 aliphatic rings. The molecule has 0 saturated carbocycles. The van der Waals surface area contributed by atoms with Crippen LogP contribution in [0.25, 0.3) is 0 Å². The fraction of sp³-hybridized carbons (Fsp3) is 0.316. The van der Waals surface area contributed by atoms with Crippen molar-refractivity contribution in [2.45, 2.75) is 40.2 Å². The second kappa shape index (κ2) is 9.42. The summed E-state index contributed by atoms with van der Waals surface area (Å²) in [5, 5.41) is 2.54. The summed E-state index contributed by atoms with van der Waals surface area (Å²) in [6, 6.07) is 6.30. The number of hydrogen-bond acceptors (Lipinski definition) is 7. The lowest BCUT2D eigenvalue weighted by Crippen LogP contribution is -2.27. The van der Waals surface area contributed by atoms with Crippen molar-refractivity contribution in [3.63, 3.8) is 0 Å². The molecule has 8 nitrogen and oxygen atoms in total. The van der Waals surface area contributed by atoms with E-state index in [0.29, 0.717) is 22.8 Å². The lowest BCUT2D eigenvalue weighted by Gasteiger charge is -2.19. The quantitative estimate of drug-likeness (QED) is 0.790. The average Bonchev–Trinajstić information content (AvgIpc) is 2.53. The Hall–Kier alpha value is -3.29. The van der Waals surface area contributed by atoms with Crippen molar-refractivity contribution in [2.75, 3.05) is 11.1 Å². The van der Waals surface area contributed by atoms with Crippen LogP contribution in [0.5, 0.6) is 0 Å². The Labute approximate surface area is 158 Å². The van der Waals surface area contributed by atoms with Crippen LogP contribution < -0.4 is 11.1 Å². The molecular weight excluding hydrogens is 348 g/mol. The van der Waals surface area contributed by atoms with Gasteiger partial charge in [-0.15, -0.1) is 0 Å². The van der Waals surface area contributed by atoms with Gasteiger partial charge < -0.3 is 10.5 Å². The summed E-state index contributed by atoms with van der Waals surface area (Å²) in [5.41, 5.74) is 6.63. The van der Waals surface area contributed by atoms with E-state index in [4.69, 9.17) is 10.5 Å². The molecule has 0 unspecified atom stereocenters. The number of amides is 1. The van der Waals surface area contributed by atoms with Gasteiger partial charge in [-0.3, -0.25) is 24.9 Å². The third-order valence-corrected chi connectivity index (χ3v) is 2.91. The van der Waals surface area contributed by atoms with Crippen molar-refractivity contribution in [3.05, 3.63) is 48.0 Å². The molecule has 0 bridgehead atoms. The normalized spacial score (nSPS) is 10.3. The van der Waals surface area contributed by atoms with Crippen molar-refractivity contribution >= 4 is 29.0 Å². The maximum atomic E-state index is 11.5. The number of carbonyl (C=O) groups excluding carboxylic acids is 3. The van der Waals surface area contributed by atoms with Crippen molar-refractivity contribution in [1.82, 2.24) is 9.97 Å². The molecule has 3 N–H and O–H groups in total. The maximum absolute atomic E-state index is 11.5. The topological polar surface area (TPSA) is 124 Å². The van der Waals surface area contributed by atoms with Gasteiger partial charge in [0.2, 0.25) is 0 Å². The second-order valence-electron chi connectivity index (χ2n) is 6.64. The van der Waals surface area contributed by atoms with Crippen molar-refractivity contribution in [3.8, 4) is 0 Å². The van der Waals surface area contributed by atoms with E-state index in [0.717, 1.165) is 0 Å². The lowest BCUT2D eigenvalue weighted by atomic mass is 10.2. The van der Waals surface area contributed by atoms with E-state index >= 15 is 0 Å². The van der Waals surface area contributed by atoms with E-state index in [2.05, 4.69) is 15.3 Å². The standard InChI is InChI=1S/C12H16N2O3.C7H8N2O/c1-8(15)10-7-9(5-6-13-10)14-11(16)17-12(2,3)4;1-5(10)7-4-6(8)2-3-9-7/h5-7H,1-4H3,(H,13,14,16);2-4H,1H3,(H2,8,9). The molecule has 0 fully saturated rings. The van der Waals surface area contributed by atoms with Crippen LogP contribution in [0.1, 0.15) is 55.6 Å². The Morgan fingerprint density at radius 2 is 1.48 bits per heavy atom. The molecule has 2 rings (SSSR count). The van der Waals surface area contributed by atoms with Crippen LogP contribution in [-0.4, -0.2) is 33.2 Å². The Morgan fingerprint density at radius 3 is 1.93 bits per heavy atom. The van der Waals surface area contributed by atoms with Crippen LogP contribution in [0.3, 0.4) is 0 Å². The molecule has 0 atom stereocenters. The molecule has 144 valence electrons. The smallest absolute Gasteiger partial charge is 0.412 e. The Kier molecular flexibility index (Phi) is 7.59. The van der Waals surface area contributed by atoms with Crippen molar-refractivity contribution in [1.29, 1.82) is 0 Å². The van der Waals surface area contributed by atoms with Crippen LogP contribution in [-0.2, 0) is 4.74 Å². The number of nitrogens with one attached hydrogen (secondary N) is 1. The summed E-state index contributed by atoms with van der Waals surface area (Å²) in [7, 11) is 0. The lowest BCUT2D eigenvalue weighted by molar-refractivity contribution is 0.0635. The van der Waals surface area contributed by atoms with Crippen molar-refractivity contribution < 1.29 is 19.1 Å². The number of anilines is 2.